The van der Waals surface area contributed by atoms with Crippen LogP contribution in [0.3, 0.4) is 0 Å². The Morgan fingerprint density at radius 2 is 0.398 bits per heavy atom. The molecule has 6 nitrogen and oxygen atoms in total. The molecule has 6 heteroatoms. The number of carbonyl (C=O) groups excluding carboxylic acids is 3. The first-order valence-electron chi connectivity index (χ1n) is 37.8. The van der Waals surface area contributed by atoms with Gasteiger partial charge >= 0.3 is 17.9 Å². The first-order valence-corrected chi connectivity index (χ1v) is 37.8. The van der Waals surface area contributed by atoms with E-state index in [9.17, 15) is 14.4 Å². The summed E-state index contributed by atoms with van der Waals surface area (Å²) < 4.78 is 17.0. The summed E-state index contributed by atoms with van der Waals surface area (Å²) in [6.07, 6.45) is 89.4. The second kappa shape index (κ2) is 72.4. The van der Waals surface area contributed by atoms with Crippen molar-refractivity contribution in [3.05, 3.63) is 24.3 Å². The molecule has 0 aromatic rings. The van der Waals surface area contributed by atoms with E-state index in [4.69, 9.17) is 14.2 Å². The van der Waals surface area contributed by atoms with Gasteiger partial charge in [0.05, 0.1) is 0 Å². The zero-order chi connectivity index (χ0) is 59.9. The molecule has 0 saturated heterocycles. The molecule has 0 aliphatic carbocycles. The van der Waals surface area contributed by atoms with Gasteiger partial charge in [-0.05, 0) is 70.6 Å². The molecule has 0 radical (unpaired) electrons. The molecule has 0 amide bonds. The molecule has 1 atom stereocenters. The van der Waals surface area contributed by atoms with Crippen LogP contribution in [0.25, 0.3) is 0 Å². The number of ether oxygens (including phenoxy) is 3. The Morgan fingerprint density at radius 1 is 0.229 bits per heavy atom. The lowest BCUT2D eigenvalue weighted by atomic mass is 10.0. The van der Waals surface area contributed by atoms with Crippen molar-refractivity contribution in [1.29, 1.82) is 0 Å². The van der Waals surface area contributed by atoms with E-state index in [1.807, 2.05) is 0 Å². The summed E-state index contributed by atoms with van der Waals surface area (Å²) in [4.78, 5) is 38.5. The molecule has 0 saturated carbocycles. The van der Waals surface area contributed by atoms with E-state index < -0.39 is 6.10 Å². The maximum absolute atomic E-state index is 13.0. The molecular formula is C77H146O6. The largest absolute Gasteiger partial charge is 0.462 e. The number of carbonyl (C=O) groups is 3. The van der Waals surface area contributed by atoms with Crippen molar-refractivity contribution in [1.82, 2.24) is 0 Å². The lowest BCUT2D eigenvalue weighted by molar-refractivity contribution is -0.167. The van der Waals surface area contributed by atoms with Crippen LogP contribution in [-0.2, 0) is 28.6 Å². The highest BCUT2D eigenvalue weighted by Gasteiger charge is 2.20. The summed E-state index contributed by atoms with van der Waals surface area (Å²) in [5.41, 5.74) is 0. The highest BCUT2D eigenvalue weighted by atomic mass is 16.6. The Balaban J connectivity index is 4.22. The van der Waals surface area contributed by atoms with Crippen LogP contribution in [0.1, 0.15) is 432 Å². The summed E-state index contributed by atoms with van der Waals surface area (Å²) in [5, 5.41) is 0. The van der Waals surface area contributed by atoms with Gasteiger partial charge in [0.2, 0.25) is 0 Å². The summed E-state index contributed by atoms with van der Waals surface area (Å²) >= 11 is 0. The Morgan fingerprint density at radius 3 is 0.602 bits per heavy atom. The van der Waals surface area contributed by atoms with E-state index in [1.165, 1.54) is 334 Å². The lowest BCUT2D eigenvalue weighted by Gasteiger charge is -2.18. The summed E-state index contributed by atoms with van der Waals surface area (Å²) in [7, 11) is 0. The summed E-state index contributed by atoms with van der Waals surface area (Å²) in [6, 6.07) is 0. The highest BCUT2D eigenvalue weighted by molar-refractivity contribution is 5.71. The van der Waals surface area contributed by atoms with Crippen LogP contribution >= 0.6 is 0 Å². The molecule has 0 aromatic heterocycles. The third kappa shape index (κ3) is 70.5. The van der Waals surface area contributed by atoms with Crippen LogP contribution in [0, 0.1) is 0 Å². The topological polar surface area (TPSA) is 78.9 Å². The molecule has 0 aliphatic rings. The normalized spacial score (nSPS) is 12.1. The van der Waals surface area contributed by atoms with Gasteiger partial charge in [-0.25, -0.2) is 0 Å². The summed E-state index contributed by atoms with van der Waals surface area (Å²) in [6.45, 7) is 6.73. The maximum atomic E-state index is 13.0. The number of hydrogen-bond acceptors (Lipinski definition) is 6. The predicted molar refractivity (Wildman–Crippen MR) is 363 cm³/mol. The van der Waals surface area contributed by atoms with Gasteiger partial charge in [0, 0.05) is 19.3 Å². The molecule has 83 heavy (non-hydrogen) atoms. The minimum atomic E-state index is -0.771. The van der Waals surface area contributed by atoms with Crippen molar-refractivity contribution in [2.45, 2.75) is 438 Å². The number of esters is 3. The van der Waals surface area contributed by atoms with Crippen LogP contribution in [0.15, 0.2) is 24.3 Å². The fourth-order valence-corrected chi connectivity index (χ4v) is 11.7. The van der Waals surface area contributed by atoms with E-state index in [-0.39, 0.29) is 31.1 Å². The van der Waals surface area contributed by atoms with Gasteiger partial charge in [0.15, 0.2) is 6.10 Å². The second-order valence-electron chi connectivity index (χ2n) is 25.9. The standard InChI is InChI=1S/C77H146O6/c1-4-7-10-13-16-19-22-25-28-31-33-34-35-36-37-38-39-40-41-42-44-46-49-52-55-58-61-64-67-70-76(79)82-73-74(72-81-75(78)69-66-63-60-57-54-51-48-45-30-27-24-21-18-15-12-9-6-3)83-77(80)71-68-65-62-59-56-53-50-47-43-32-29-26-23-20-17-14-11-8-5-2/h27,30-31,33,74H,4-26,28-29,32,34-73H2,1-3H3/b30-27-,33-31-. The number of hydrogen-bond donors (Lipinski definition) is 0. The number of rotatable bonds is 71. The molecule has 1 unspecified atom stereocenters. The Kier molecular flexibility index (Phi) is 70.5. The third-order valence-electron chi connectivity index (χ3n) is 17.4. The zero-order valence-corrected chi connectivity index (χ0v) is 56.5. The van der Waals surface area contributed by atoms with Gasteiger partial charge in [0.25, 0.3) is 0 Å². The monoisotopic (exact) mass is 1170 g/mol. The quantitative estimate of drug-likeness (QED) is 0.0261. The van der Waals surface area contributed by atoms with Gasteiger partial charge in [-0.15, -0.1) is 0 Å². The maximum Gasteiger partial charge on any atom is 0.306 e. The van der Waals surface area contributed by atoms with E-state index in [0.29, 0.717) is 19.3 Å². The molecule has 0 fully saturated rings. The molecule has 0 spiro atoms. The second-order valence-corrected chi connectivity index (χ2v) is 25.9. The number of allylic oxidation sites excluding steroid dienone is 4. The van der Waals surface area contributed by atoms with Crippen molar-refractivity contribution in [3.63, 3.8) is 0 Å². The highest BCUT2D eigenvalue weighted by Crippen LogP contribution is 2.19. The Hall–Kier alpha value is -2.11. The van der Waals surface area contributed by atoms with Gasteiger partial charge in [-0.3, -0.25) is 14.4 Å². The van der Waals surface area contributed by atoms with Gasteiger partial charge in [-0.1, -0.05) is 366 Å². The Labute approximate surface area is 519 Å². The minimum absolute atomic E-state index is 0.0658. The van der Waals surface area contributed by atoms with Crippen molar-refractivity contribution in [2.24, 2.45) is 0 Å². The fourth-order valence-electron chi connectivity index (χ4n) is 11.7. The Bertz CT molecular complexity index is 1340. The fraction of sp³-hybridized carbons (Fsp3) is 0.909. The molecule has 0 aromatic carbocycles. The SMILES string of the molecule is CCCCCCCC/C=C\CCCCCCCCCC(=O)OCC(COC(=O)CCCCCCCCCCCCCCCCCCC/C=C\CCCCCCCCCC)OC(=O)CCCCCCCCCCCCCCCCCCCCC. The van der Waals surface area contributed by atoms with Gasteiger partial charge < -0.3 is 14.2 Å². The molecule has 0 aliphatic heterocycles. The van der Waals surface area contributed by atoms with Crippen LogP contribution in [-0.4, -0.2) is 37.2 Å². The van der Waals surface area contributed by atoms with E-state index in [1.54, 1.807) is 0 Å². The average Bonchev–Trinajstić information content (AvgIpc) is 3.50. The molecule has 0 N–H and O–H groups in total. The van der Waals surface area contributed by atoms with Crippen LogP contribution < -0.4 is 0 Å². The lowest BCUT2D eigenvalue weighted by Crippen LogP contribution is -2.30. The van der Waals surface area contributed by atoms with E-state index in [2.05, 4.69) is 45.1 Å². The smallest absolute Gasteiger partial charge is 0.306 e. The van der Waals surface area contributed by atoms with E-state index in [0.717, 1.165) is 57.8 Å². The predicted octanol–water partition coefficient (Wildman–Crippen LogP) is 26.1. The third-order valence-corrected chi connectivity index (χ3v) is 17.4. The first-order chi connectivity index (χ1) is 41.0. The molecule has 0 bridgehead atoms. The minimum Gasteiger partial charge on any atom is -0.462 e. The van der Waals surface area contributed by atoms with Crippen molar-refractivity contribution < 1.29 is 28.6 Å². The van der Waals surface area contributed by atoms with Gasteiger partial charge in [0.1, 0.15) is 13.2 Å². The molecular weight excluding hydrogens is 1020 g/mol. The average molecular weight is 1170 g/mol. The van der Waals surface area contributed by atoms with Crippen molar-refractivity contribution in [3.8, 4) is 0 Å². The van der Waals surface area contributed by atoms with E-state index >= 15 is 0 Å². The summed E-state index contributed by atoms with van der Waals surface area (Å²) in [5.74, 6) is -0.833. The zero-order valence-electron chi connectivity index (χ0n) is 56.5. The molecule has 0 heterocycles. The van der Waals surface area contributed by atoms with Crippen LogP contribution in [0.4, 0.5) is 0 Å². The van der Waals surface area contributed by atoms with Crippen LogP contribution in [0.2, 0.25) is 0 Å². The van der Waals surface area contributed by atoms with Gasteiger partial charge in [-0.2, -0.15) is 0 Å². The van der Waals surface area contributed by atoms with Crippen molar-refractivity contribution >= 4 is 17.9 Å². The number of unbranched alkanes of at least 4 members (excludes halogenated alkanes) is 56. The van der Waals surface area contributed by atoms with Crippen molar-refractivity contribution in [2.75, 3.05) is 13.2 Å². The molecule has 0 rings (SSSR count). The first kappa shape index (κ1) is 80.9. The molecule has 490 valence electrons. The van der Waals surface area contributed by atoms with Crippen LogP contribution in [0.5, 0.6) is 0 Å².